The monoisotopic (exact) mass is 623 g/mol. The first-order valence-corrected chi connectivity index (χ1v) is 14.6. The quantitative estimate of drug-likeness (QED) is 0.154. The van der Waals surface area contributed by atoms with E-state index in [9.17, 15) is 18.0 Å². The maximum Gasteiger partial charge on any atom is 0.416 e. The molecular weight excluding hydrogens is 599 g/mol. The number of nitrogens with one attached hydrogen (secondary N) is 1. The number of hydrogen-bond donors (Lipinski definition) is 1. The van der Waals surface area contributed by atoms with Crippen LogP contribution in [0.5, 0.6) is 0 Å². The molecule has 0 unspecified atom stereocenters. The van der Waals surface area contributed by atoms with Crippen molar-refractivity contribution in [3.63, 3.8) is 0 Å². The minimum Gasteiger partial charge on any atom is -0.333 e. The van der Waals surface area contributed by atoms with E-state index in [2.05, 4.69) is 26.9 Å². The van der Waals surface area contributed by atoms with Crippen molar-refractivity contribution in [2.24, 2.45) is 5.10 Å². The van der Waals surface area contributed by atoms with Crippen molar-refractivity contribution in [2.75, 3.05) is 4.90 Å². The van der Waals surface area contributed by atoms with E-state index in [4.69, 9.17) is 5.26 Å². The van der Waals surface area contributed by atoms with E-state index >= 15 is 0 Å². The van der Waals surface area contributed by atoms with Crippen LogP contribution in [0.15, 0.2) is 106 Å². The number of hydrogen-bond acceptors (Lipinski definition) is 7. The van der Waals surface area contributed by atoms with Crippen LogP contribution in [0.1, 0.15) is 43.9 Å². The van der Waals surface area contributed by atoms with Gasteiger partial charge in [-0.25, -0.2) is 10.1 Å². The first-order valence-electron chi connectivity index (χ1n) is 13.7. The molecule has 45 heavy (non-hydrogen) atoms. The molecule has 2 heterocycles. The third-order valence-corrected chi connectivity index (χ3v) is 8.21. The van der Waals surface area contributed by atoms with Gasteiger partial charge in [-0.1, -0.05) is 52.9 Å². The number of aryl methyl sites for hydroxylation is 1. The molecule has 1 N–H and O–H groups in total. The molecule has 1 aliphatic heterocycles. The molecule has 1 amide bonds. The smallest absolute Gasteiger partial charge is 0.333 e. The Labute approximate surface area is 260 Å². The Hall–Kier alpha value is -5.41. The standard InChI is InChI=1S/C33H24F3N7OS/c1-21-2-9-25(10-3-21)32(44)40-38-17-24-8-12-28-31(14-24)45-30-13-11-26(33(34,35)36)15-29(30)43(28)20-27-19-42(41-39-27)18-23-6-4-22(16-37)5-7-23/h2-15,17,19H,18,20H2,1H3,(H,40,44)/b38-17+. The first-order chi connectivity index (χ1) is 21.7. The van der Waals surface area contributed by atoms with Crippen molar-refractivity contribution in [3.05, 3.63) is 130 Å². The Morgan fingerprint density at radius 2 is 1.76 bits per heavy atom. The minimum absolute atomic E-state index is 0.176. The maximum atomic E-state index is 13.7. The van der Waals surface area contributed by atoms with Crippen molar-refractivity contribution in [2.45, 2.75) is 36.0 Å². The summed E-state index contributed by atoms with van der Waals surface area (Å²) in [6, 6.07) is 25.5. The Bertz CT molecular complexity index is 1950. The number of nitriles is 1. The molecule has 0 radical (unpaired) electrons. The zero-order chi connectivity index (χ0) is 31.6. The fourth-order valence-electron chi connectivity index (χ4n) is 4.78. The molecule has 0 bridgehead atoms. The first kappa shape index (κ1) is 29.7. The molecule has 224 valence electrons. The molecule has 0 fully saturated rings. The molecule has 0 saturated heterocycles. The zero-order valence-electron chi connectivity index (χ0n) is 23.8. The third kappa shape index (κ3) is 6.73. The fraction of sp³-hybridized carbons (Fsp3) is 0.121. The average Bonchev–Trinajstić information content (AvgIpc) is 3.47. The van der Waals surface area contributed by atoms with Crippen molar-refractivity contribution in [3.8, 4) is 6.07 Å². The summed E-state index contributed by atoms with van der Waals surface area (Å²) < 4.78 is 42.8. The Morgan fingerprint density at radius 1 is 0.978 bits per heavy atom. The van der Waals surface area contributed by atoms with E-state index in [0.717, 1.165) is 28.2 Å². The molecule has 1 aromatic heterocycles. The van der Waals surface area contributed by atoms with Crippen LogP contribution in [-0.2, 0) is 19.3 Å². The summed E-state index contributed by atoms with van der Waals surface area (Å²) in [6.45, 7) is 2.53. The summed E-state index contributed by atoms with van der Waals surface area (Å²) in [6.07, 6.45) is -1.22. The highest BCUT2D eigenvalue weighted by atomic mass is 32.2. The van der Waals surface area contributed by atoms with E-state index in [1.54, 1.807) is 46.1 Å². The molecule has 0 saturated carbocycles. The van der Waals surface area contributed by atoms with Crippen molar-refractivity contribution >= 4 is 35.3 Å². The van der Waals surface area contributed by atoms with E-state index < -0.39 is 11.7 Å². The zero-order valence-corrected chi connectivity index (χ0v) is 24.6. The number of alkyl halides is 3. The van der Waals surface area contributed by atoms with Crippen LogP contribution in [0, 0.1) is 18.3 Å². The van der Waals surface area contributed by atoms with Crippen LogP contribution < -0.4 is 10.3 Å². The van der Waals surface area contributed by atoms with Crippen LogP contribution in [0.2, 0.25) is 0 Å². The van der Waals surface area contributed by atoms with Gasteiger partial charge in [-0.2, -0.15) is 23.5 Å². The SMILES string of the molecule is Cc1ccc(C(=O)N/N=C/c2ccc3c(c2)Sc2ccc(C(F)(F)F)cc2N3Cc2cn(Cc3ccc(C#N)cc3)nn2)cc1. The average molecular weight is 624 g/mol. The second-order valence-corrected chi connectivity index (χ2v) is 11.5. The second kappa shape index (κ2) is 12.3. The lowest BCUT2D eigenvalue weighted by atomic mass is 10.1. The Balaban J connectivity index is 1.26. The van der Waals surface area contributed by atoms with Gasteiger partial charge in [0, 0.05) is 15.4 Å². The Morgan fingerprint density at radius 3 is 2.49 bits per heavy atom. The van der Waals surface area contributed by atoms with Gasteiger partial charge >= 0.3 is 6.18 Å². The Kier molecular flexibility index (Phi) is 8.10. The van der Waals surface area contributed by atoms with Crippen LogP contribution in [0.4, 0.5) is 24.5 Å². The summed E-state index contributed by atoms with van der Waals surface area (Å²) >= 11 is 1.36. The maximum absolute atomic E-state index is 13.7. The number of benzene rings is 4. The van der Waals surface area contributed by atoms with E-state index in [1.807, 2.05) is 43.3 Å². The molecule has 5 aromatic rings. The molecule has 1 aliphatic rings. The number of fused-ring (bicyclic) bond motifs is 2. The predicted molar refractivity (Wildman–Crippen MR) is 164 cm³/mol. The van der Waals surface area contributed by atoms with Crippen molar-refractivity contribution < 1.29 is 18.0 Å². The number of hydrazone groups is 1. The van der Waals surface area contributed by atoms with Gasteiger partial charge in [-0.3, -0.25) is 4.79 Å². The molecule has 8 nitrogen and oxygen atoms in total. The summed E-state index contributed by atoms with van der Waals surface area (Å²) in [5, 5.41) is 21.6. The molecular formula is C33H24F3N7OS. The number of rotatable bonds is 7. The van der Waals surface area contributed by atoms with Crippen molar-refractivity contribution in [1.82, 2.24) is 20.4 Å². The van der Waals surface area contributed by atoms with E-state index in [0.29, 0.717) is 45.2 Å². The molecule has 4 aromatic carbocycles. The third-order valence-electron chi connectivity index (χ3n) is 7.10. The molecule has 0 aliphatic carbocycles. The van der Waals surface area contributed by atoms with Gasteiger partial charge in [0.15, 0.2) is 0 Å². The van der Waals surface area contributed by atoms with Gasteiger partial charge < -0.3 is 4.90 Å². The second-order valence-electron chi connectivity index (χ2n) is 10.4. The number of nitrogens with zero attached hydrogens (tertiary/aromatic N) is 6. The molecule has 0 spiro atoms. The number of amides is 1. The lowest BCUT2D eigenvalue weighted by Crippen LogP contribution is -2.21. The van der Waals surface area contributed by atoms with Gasteiger partial charge in [0.25, 0.3) is 5.91 Å². The minimum atomic E-state index is -4.50. The molecule has 6 rings (SSSR count). The largest absolute Gasteiger partial charge is 0.416 e. The number of aromatic nitrogens is 3. The van der Waals surface area contributed by atoms with E-state index in [-0.39, 0.29) is 12.5 Å². The lowest BCUT2D eigenvalue weighted by molar-refractivity contribution is -0.137. The molecule has 12 heteroatoms. The van der Waals surface area contributed by atoms with Crippen LogP contribution >= 0.6 is 11.8 Å². The summed E-state index contributed by atoms with van der Waals surface area (Å²) in [5.41, 5.74) is 7.17. The number of halogens is 3. The topological polar surface area (TPSA) is 99.2 Å². The lowest BCUT2D eigenvalue weighted by Gasteiger charge is -2.33. The number of carbonyl (C=O) groups excluding carboxylic acids is 1. The van der Waals surface area contributed by atoms with Gasteiger partial charge in [-0.05, 0) is 72.6 Å². The number of carbonyl (C=O) groups is 1. The highest BCUT2D eigenvalue weighted by Crippen LogP contribution is 2.50. The number of anilines is 2. The van der Waals surface area contributed by atoms with Gasteiger partial charge in [0.2, 0.25) is 0 Å². The van der Waals surface area contributed by atoms with Crippen molar-refractivity contribution in [1.29, 1.82) is 5.26 Å². The van der Waals surface area contributed by atoms with Gasteiger partial charge in [0.05, 0.1) is 54.1 Å². The predicted octanol–water partition coefficient (Wildman–Crippen LogP) is 7.09. The fourth-order valence-corrected chi connectivity index (χ4v) is 5.91. The van der Waals surface area contributed by atoms with E-state index in [1.165, 1.54) is 24.0 Å². The molecule has 0 atom stereocenters. The highest BCUT2D eigenvalue weighted by molar-refractivity contribution is 7.99. The van der Waals surface area contributed by atoms with Crippen LogP contribution in [0.3, 0.4) is 0 Å². The summed E-state index contributed by atoms with van der Waals surface area (Å²) in [5.74, 6) is -0.341. The summed E-state index contributed by atoms with van der Waals surface area (Å²) in [4.78, 5) is 15.7. The normalized spacial score (nSPS) is 12.5. The van der Waals surface area contributed by atoms with Gasteiger partial charge in [0.1, 0.15) is 5.69 Å². The van der Waals surface area contributed by atoms with Crippen LogP contribution in [-0.4, -0.2) is 27.1 Å². The summed E-state index contributed by atoms with van der Waals surface area (Å²) in [7, 11) is 0. The van der Waals surface area contributed by atoms with Crippen LogP contribution in [0.25, 0.3) is 0 Å². The van der Waals surface area contributed by atoms with Gasteiger partial charge in [-0.15, -0.1) is 5.10 Å². The highest BCUT2D eigenvalue weighted by Gasteiger charge is 2.33.